The second-order valence-electron chi connectivity index (χ2n) is 7.22. The number of para-hydroxylation sites is 3. The molecular formula is C22H29N3O3. The highest BCUT2D eigenvalue weighted by atomic mass is 16.5. The summed E-state index contributed by atoms with van der Waals surface area (Å²) in [4.78, 5) is 16.0. The van der Waals surface area contributed by atoms with Crippen LogP contribution in [0.2, 0.25) is 0 Å². The van der Waals surface area contributed by atoms with Gasteiger partial charge in [-0.15, -0.1) is 0 Å². The molecule has 0 aromatic heterocycles. The number of ether oxygens (including phenoxy) is 1. The van der Waals surface area contributed by atoms with Crippen LogP contribution in [0.5, 0.6) is 5.75 Å². The van der Waals surface area contributed by atoms with E-state index in [1.54, 1.807) is 12.1 Å². The number of nitrogens with zero attached hydrogens (tertiary/aromatic N) is 2. The van der Waals surface area contributed by atoms with E-state index in [1.807, 2.05) is 12.1 Å². The number of anilines is 2. The number of aliphatic hydroxyl groups is 1. The normalized spacial score (nSPS) is 15.9. The number of hydrogen-bond acceptors (Lipinski definition) is 5. The molecule has 0 aliphatic carbocycles. The molecule has 6 nitrogen and oxygen atoms in total. The topological polar surface area (TPSA) is 65.0 Å². The molecule has 0 bridgehead atoms. The third kappa shape index (κ3) is 5.47. The van der Waals surface area contributed by atoms with E-state index >= 15 is 0 Å². The molecular weight excluding hydrogens is 354 g/mol. The number of hydrogen-bond donors (Lipinski definition) is 2. The Bertz CT molecular complexity index is 788. The van der Waals surface area contributed by atoms with Crippen molar-refractivity contribution in [2.45, 2.75) is 20.0 Å². The lowest BCUT2D eigenvalue weighted by molar-refractivity contribution is -0.114. The zero-order valence-corrected chi connectivity index (χ0v) is 16.6. The molecule has 1 atom stereocenters. The van der Waals surface area contributed by atoms with Crippen molar-refractivity contribution in [3.8, 4) is 5.75 Å². The number of benzene rings is 2. The maximum atomic E-state index is 11.3. The first-order valence-corrected chi connectivity index (χ1v) is 9.73. The minimum Gasteiger partial charge on any atom is -0.489 e. The summed E-state index contributed by atoms with van der Waals surface area (Å²) in [6.45, 7) is 8.08. The van der Waals surface area contributed by atoms with Gasteiger partial charge < -0.3 is 20.1 Å². The van der Waals surface area contributed by atoms with Gasteiger partial charge in [-0.3, -0.25) is 9.69 Å². The molecule has 150 valence electrons. The summed E-state index contributed by atoms with van der Waals surface area (Å²) in [7, 11) is 0. The number of carbonyl (C=O) groups excluding carboxylic acids is 1. The number of nitrogens with one attached hydrogen (secondary N) is 1. The molecule has 0 radical (unpaired) electrons. The van der Waals surface area contributed by atoms with E-state index in [-0.39, 0.29) is 12.5 Å². The van der Waals surface area contributed by atoms with Crippen LogP contribution in [0.4, 0.5) is 11.4 Å². The van der Waals surface area contributed by atoms with Crippen molar-refractivity contribution in [3.05, 3.63) is 54.1 Å². The van der Waals surface area contributed by atoms with Crippen molar-refractivity contribution in [2.24, 2.45) is 0 Å². The highest BCUT2D eigenvalue weighted by molar-refractivity contribution is 5.90. The molecule has 0 spiro atoms. The Hall–Kier alpha value is -2.57. The SMILES string of the molecule is CC(=O)Nc1ccccc1OCC(O)CN1CCN(c2ccccc2C)CC1. The number of aryl methyl sites for hydroxylation is 1. The molecule has 6 heteroatoms. The molecule has 1 heterocycles. The van der Waals surface area contributed by atoms with Gasteiger partial charge in [-0.05, 0) is 30.7 Å². The first-order chi connectivity index (χ1) is 13.5. The maximum Gasteiger partial charge on any atom is 0.221 e. The van der Waals surface area contributed by atoms with Crippen molar-refractivity contribution in [3.63, 3.8) is 0 Å². The van der Waals surface area contributed by atoms with Gasteiger partial charge in [-0.25, -0.2) is 0 Å². The first-order valence-electron chi connectivity index (χ1n) is 9.73. The predicted octanol–water partition coefficient (Wildman–Crippen LogP) is 2.52. The van der Waals surface area contributed by atoms with Gasteiger partial charge in [0, 0.05) is 45.3 Å². The average Bonchev–Trinajstić information content (AvgIpc) is 2.68. The number of rotatable bonds is 7. The lowest BCUT2D eigenvalue weighted by Crippen LogP contribution is -2.49. The van der Waals surface area contributed by atoms with Crippen LogP contribution >= 0.6 is 0 Å². The molecule has 28 heavy (non-hydrogen) atoms. The Morgan fingerprint density at radius 2 is 1.79 bits per heavy atom. The Labute approximate surface area is 166 Å². The fraction of sp³-hybridized carbons (Fsp3) is 0.409. The molecule has 2 aromatic carbocycles. The number of aliphatic hydroxyl groups excluding tert-OH is 1. The molecule has 1 fully saturated rings. The lowest BCUT2D eigenvalue weighted by Gasteiger charge is -2.37. The highest BCUT2D eigenvalue weighted by Gasteiger charge is 2.20. The third-order valence-electron chi connectivity index (χ3n) is 4.93. The minimum atomic E-state index is -0.588. The fourth-order valence-corrected chi connectivity index (χ4v) is 3.51. The molecule has 2 N–H and O–H groups in total. The van der Waals surface area contributed by atoms with E-state index in [4.69, 9.17) is 4.74 Å². The second-order valence-corrected chi connectivity index (χ2v) is 7.22. The Morgan fingerprint density at radius 3 is 2.50 bits per heavy atom. The molecule has 1 amide bonds. The average molecular weight is 383 g/mol. The summed E-state index contributed by atoms with van der Waals surface area (Å²) < 4.78 is 5.75. The van der Waals surface area contributed by atoms with E-state index in [2.05, 4.69) is 46.3 Å². The van der Waals surface area contributed by atoms with Crippen LogP contribution in [-0.2, 0) is 4.79 Å². The van der Waals surface area contributed by atoms with Crippen molar-refractivity contribution in [1.82, 2.24) is 4.90 Å². The van der Waals surface area contributed by atoms with Gasteiger partial charge in [0.15, 0.2) is 0 Å². The van der Waals surface area contributed by atoms with Gasteiger partial charge >= 0.3 is 0 Å². The molecule has 2 aromatic rings. The zero-order valence-electron chi connectivity index (χ0n) is 16.6. The largest absolute Gasteiger partial charge is 0.489 e. The summed E-state index contributed by atoms with van der Waals surface area (Å²) >= 11 is 0. The first kappa shape index (κ1) is 20.2. The second kappa shape index (κ2) is 9.57. The molecule has 3 rings (SSSR count). The number of piperazine rings is 1. The van der Waals surface area contributed by atoms with E-state index in [0.29, 0.717) is 18.0 Å². The Morgan fingerprint density at radius 1 is 1.11 bits per heavy atom. The van der Waals surface area contributed by atoms with Crippen molar-refractivity contribution in [1.29, 1.82) is 0 Å². The highest BCUT2D eigenvalue weighted by Crippen LogP contribution is 2.24. The fourth-order valence-electron chi connectivity index (χ4n) is 3.51. The van der Waals surface area contributed by atoms with Crippen LogP contribution < -0.4 is 15.0 Å². The number of β-amino-alcohol motifs (C(OH)–C–C–N with tert-alkyl or cyclic N) is 1. The van der Waals surface area contributed by atoms with Gasteiger partial charge in [0.05, 0.1) is 5.69 Å². The summed E-state index contributed by atoms with van der Waals surface area (Å²) in [5, 5.41) is 13.1. The molecule has 1 aliphatic rings. The molecule has 1 aliphatic heterocycles. The maximum absolute atomic E-state index is 11.3. The van der Waals surface area contributed by atoms with Gasteiger partial charge in [-0.1, -0.05) is 30.3 Å². The molecule has 1 saturated heterocycles. The smallest absolute Gasteiger partial charge is 0.221 e. The van der Waals surface area contributed by atoms with Crippen LogP contribution in [0.15, 0.2) is 48.5 Å². The van der Waals surface area contributed by atoms with Crippen LogP contribution in [0.25, 0.3) is 0 Å². The standard InChI is InChI=1S/C22H29N3O3/c1-17-7-3-5-9-21(17)25-13-11-24(12-14-25)15-19(27)16-28-22-10-6-4-8-20(22)23-18(2)26/h3-10,19,27H,11-16H2,1-2H3,(H,23,26). The monoisotopic (exact) mass is 383 g/mol. The van der Waals surface area contributed by atoms with Crippen LogP contribution in [0.1, 0.15) is 12.5 Å². The Kier molecular flexibility index (Phi) is 6.90. The summed E-state index contributed by atoms with van der Waals surface area (Å²) in [5.41, 5.74) is 3.21. The van der Waals surface area contributed by atoms with Gasteiger partial charge in [0.25, 0.3) is 0 Å². The third-order valence-corrected chi connectivity index (χ3v) is 4.93. The van der Waals surface area contributed by atoms with E-state index in [1.165, 1.54) is 18.2 Å². The van der Waals surface area contributed by atoms with Crippen LogP contribution in [0.3, 0.4) is 0 Å². The van der Waals surface area contributed by atoms with E-state index in [0.717, 1.165) is 26.2 Å². The summed E-state index contributed by atoms with van der Waals surface area (Å²) in [5.74, 6) is 0.421. The molecule has 0 saturated carbocycles. The predicted molar refractivity (Wildman–Crippen MR) is 112 cm³/mol. The number of amides is 1. The molecule has 1 unspecified atom stereocenters. The quantitative estimate of drug-likeness (QED) is 0.769. The van der Waals surface area contributed by atoms with Crippen molar-refractivity contribution >= 4 is 17.3 Å². The summed E-state index contributed by atoms with van der Waals surface area (Å²) in [6.07, 6.45) is -0.588. The van der Waals surface area contributed by atoms with Crippen molar-refractivity contribution in [2.75, 3.05) is 49.5 Å². The zero-order chi connectivity index (χ0) is 19.9. The van der Waals surface area contributed by atoms with Gasteiger partial charge in [0.1, 0.15) is 18.5 Å². The van der Waals surface area contributed by atoms with E-state index in [9.17, 15) is 9.90 Å². The van der Waals surface area contributed by atoms with Gasteiger partial charge in [0.2, 0.25) is 5.91 Å². The van der Waals surface area contributed by atoms with Crippen LogP contribution in [0, 0.1) is 6.92 Å². The van der Waals surface area contributed by atoms with E-state index < -0.39 is 6.10 Å². The van der Waals surface area contributed by atoms with Crippen molar-refractivity contribution < 1.29 is 14.6 Å². The number of carbonyl (C=O) groups is 1. The summed E-state index contributed by atoms with van der Waals surface area (Å²) in [6, 6.07) is 15.7. The Balaban J connectivity index is 1.46. The van der Waals surface area contributed by atoms with Crippen LogP contribution in [-0.4, -0.2) is 61.3 Å². The minimum absolute atomic E-state index is 0.150. The van der Waals surface area contributed by atoms with Gasteiger partial charge in [-0.2, -0.15) is 0 Å². The lowest BCUT2D eigenvalue weighted by atomic mass is 10.1.